The summed E-state index contributed by atoms with van der Waals surface area (Å²) in [7, 11) is 0. The molecule has 8 heteroatoms. The van der Waals surface area contributed by atoms with E-state index in [-0.39, 0.29) is 5.91 Å². The smallest absolute Gasteiger partial charge is 0.235 e. The van der Waals surface area contributed by atoms with E-state index in [4.69, 9.17) is 0 Å². The van der Waals surface area contributed by atoms with E-state index in [9.17, 15) is 4.79 Å². The Labute approximate surface area is 148 Å². The van der Waals surface area contributed by atoms with Crippen molar-refractivity contribution in [3.05, 3.63) is 59.5 Å². The monoisotopic (exact) mass is 359 g/mol. The van der Waals surface area contributed by atoms with Crippen LogP contribution in [0.25, 0.3) is 0 Å². The van der Waals surface area contributed by atoms with Crippen molar-refractivity contribution in [3.63, 3.8) is 0 Å². The maximum atomic E-state index is 12.0. The highest BCUT2D eigenvalue weighted by molar-refractivity contribution is 7.99. The van der Waals surface area contributed by atoms with Crippen LogP contribution in [0.15, 0.2) is 42.6 Å². The van der Waals surface area contributed by atoms with Crippen molar-refractivity contribution in [2.45, 2.75) is 19.2 Å². The quantitative estimate of drug-likeness (QED) is 0.702. The number of benzene rings is 1. The van der Waals surface area contributed by atoms with Crippen LogP contribution in [-0.2, 0) is 17.1 Å². The summed E-state index contributed by atoms with van der Waals surface area (Å²) in [6.07, 6.45) is 1.86. The zero-order chi connectivity index (χ0) is 16.8. The summed E-state index contributed by atoms with van der Waals surface area (Å²) >= 11 is 2.72. The first-order chi connectivity index (χ1) is 11.7. The Morgan fingerprint density at radius 2 is 2.08 bits per heavy atom. The molecule has 1 N–H and O–H groups in total. The van der Waals surface area contributed by atoms with Crippen LogP contribution < -0.4 is 5.32 Å². The zero-order valence-electron chi connectivity index (χ0n) is 13.2. The fourth-order valence-corrected chi connectivity index (χ4v) is 3.56. The topological polar surface area (TPSA) is 72.7 Å². The van der Waals surface area contributed by atoms with E-state index in [1.54, 1.807) is 6.07 Å². The Hall–Kier alpha value is -2.19. The zero-order valence-corrected chi connectivity index (χ0v) is 14.8. The number of anilines is 1. The van der Waals surface area contributed by atoms with Crippen molar-refractivity contribution >= 4 is 35.2 Å². The summed E-state index contributed by atoms with van der Waals surface area (Å²) in [5.41, 5.74) is 3.05. The van der Waals surface area contributed by atoms with Gasteiger partial charge in [0.15, 0.2) is 5.82 Å². The molecule has 0 atom stereocenters. The highest BCUT2D eigenvalue weighted by atomic mass is 32.2. The molecular weight excluding hydrogens is 342 g/mol. The minimum Gasteiger partial charge on any atom is -0.308 e. The molecule has 0 saturated heterocycles. The minimum absolute atomic E-state index is 0.0641. The van der Waals surface area contributed by atoms with Crippen molar-refractivity contribution in [1.82, 2.24) is 18.5 Å². The second-order valence-corrected chi connectivity index (χ2v) is 6.74. The average molecular weight is 359 g/mol. The van der Waals surface area contributed by atoms with Crippen LogP contribution in [0.4, 0.5) is 5.82 Å². The van der Waals surface area contributed by atoms with Crippen molar-refractivity contribution < 1.29 is 4.79 Å². The Balaban J connectivity index is 1.46. The molecule has 0 aliphatic heterocycles. The van der Waals surface area contributed by atoms with E-state index in [1.807, 2.05) is 48.1 Å². The number of nitrogens with zero attached hydrogens (tertiary/aromatic N) is 4. The SMILES string of the molecule is Cc1nsnc1CSCC(=O)Nc1ccn(Cc2ccccc2)n1. The summed E-state index contributed by atoms with van der Waals surface area (Å²) in [6.45, 7) is 2.61. The molecule has 2 aromatic heterocycles. The van der Waals surface area contributed by atoms with Crippen LogP contribution in [0.1, 0.15) is 17.0 Å². The van der Waals surface area contributed by atoms with Gasteiger partial charge in [-0.3, -0.25) is 9.48 Å². The molecule has 0 saturated carbocycles. The molecule has 0 spiro atoms. The predicted octanol–water partition coefficient (Wildman–Crippen LogP) is 2.96. The molecule has 24 heavy (non-hydrogen) atoms. The summed E-state index contributed by atoms with van der Waals surface area (Å²) < 4.78 is 10.1. The number of carbonyl (C=O) groups excluding carboxylic acids is 1. The third-order valence-corrected chi connectivity index (χ3v) is 4.92. The fraction of sp³-hybridized carbons (Fsp3) is 0.250. The molecule has 124 valence electrons. The summed E-state index contributed by atoms with van der Waals surface area (Å²) in [4.78, 5) is 12.0. The van der Waals surface area contributed by atoms with Gasteiger partial charge in [-0.1, -0.05) is 30.3 Å². The third kappa shape index (κ3) is 4.65. The van der Waals surface area contributed by atoms with Gasteiger partial charge < -0.3 is 5.32 Å². The van der Waals surface area contributed by atoms with Crippen LogP contribution in [-0.4, -0.2) is 30.2 Å². The number of thioether (sulfide) groups is 1. The molecule has 0 unspecified atom stereocenters. The van der Waals surface area contributed by atoms with E-state index >= 15 is 0 Å². The molecule has 2 heterocycles. The number of aryl methyl sites for hydroxylation is 1. The summed E-state index contributed by atoms with van der Waals surface area (Å²) in [6, 6.07) is 11.9. The molecule has 6 nitrogen and oxygen atoms in total. The van der Waals surface area contributed by atoms with Crippen LogP contribution in [0.2, 0.25) is 0 Å². The maximum absolute atomic E-state index is 12.0. The lowest BCUT2D eigenvalue weighted by Gasteiger charge is -2.03. The minimum atomic E-state index is -0.0641. The van der Waals surface area contributed by atoms with E-state index < -0.39 is 0 Å². The fourth-order valence-electron chi connectivity index (χ4n) is 2.09. The van der Waals surface area contributed by atoms with Crippen molar-refractivity contribution in [3.8, 4) is 0 Å². The Kier molecular flexibility index (Phi) is 5.60. The Bertz CT molecular complexity index is 800. The van der Waals surface area contributed by atoms with Gasteiger partial charge in [0.05, 0.1) is 35.4 Å². The molecule has 0 bridgehead atoms. The van der Waals surface area contributed by atoms with Gasteiger partial charge in [-0.15, -0.1) is 11.8 Å². The molecule has 1 aromatic carbocycles. The molecule has 3 rings (SSSR count). The number of amides is 1. The van der Waals surface area contributed by atoms with Crippen molar-refractivity contribution in [2.24, 2.45) is 0 Å². The molecule has 0 aliphatic rings. The normalized spacial score (nSPS) is 10.7. The van der Waals surface area contributed by atoms with Crippen molar-refractivity contribution in [1.29, 1.82) is 0 Å². The standard InChI is InChI=1S/C16H17N5OS2/c1-12-14(20-24-19-12)10-23-11-16(22)17-15-7-8-21(18-15)9-13-5-3-2-4-6-13/h2-8H,9-11H2,1H3,(H,17,18,22). The predicted molar refractivity (Wildman–Crippen MR) is 97.2 cm³/mol. The summed E-state index contributed by atoms with van der Waals surface area (Å²) in [5, 5.41) is 7.19. The van der Waals surface area contributed by atoms with E-state index in [0.29, 0.717) is 23.9 Å². The highest BCUT2D eigenvalue weighted by Crippen LogP contribution is 2.14. The first kappa shape index (κ1) is 16.7. The van der Waals surface area contributed by atoms with Gasteiger partial charge in [-0.25, -0.2) is 0 Å². The number of rotatable bonds is 7. The molecule has 0 fully saturated rings. The molecular formula is C16H17N5OS2. The number of nitrogens with one attached hydrogen (secondary N) is 1. The van der Waals surface area contributed by atoms with E-state index in [1.165, 1.54) is 29.1 Å². The Morgan fingerprint density at radius 3 is 2.83 bits per heavy atom. The Morgan fingerprint density at radius 1 is 1.25 bits per heavy atom. The van der Waals surface area contributed by atoms with Gasteiger partial charge >= 0.3 is 0 Å². The van der Waals surface area contributed by atoms with Crippen molar-refractivity contribution in [2.75, 3.05) is 11.1 Å². The number of hydrogen-bond acceptors (Lipinski definition) is 6. The van der Waals surface area contributed by atoms with Gasteiger partial charge in [-0.05, 0) is 12.5 Å². The van der Waals surface area contributed by atoms with Crippen LogP contribution >= 0.6 is 23.5 Å². The van der Waals surface area contributed by atoms with Gasteiger partial charge in [0.2, 0.25) is 5.91 Å². The molecule has 3 aromatic rings. The third-order valence-electron chi connectivity index (χ3n) is 3.31. The van der Waals surface area contributed by atoms with E-state index in [0.717, 1.165) is 11.4 Å². The second kappa shape index (κ2) is 8.07. The lowest BCUT2D eigenvalue weighted by Crippen LogP contribution is -2.15. The van der Waals surface area contributed by atoms with Gasteiger partial charge in [0.25, 0.3) is 0 Å². The second-order valence-electron chi connectivity index (χ2n) is 5.22. The van der Waals surface area contributed by atoms with Gasteiger partial charge in [0, 0.05) is 18.0 Å². The number of aromatic nitrogens is 4. The number of carbonyl (C=O) groups is 1. The lowest BCUT2D eigenvalue weighted by molar-refractivity contribution is -0.113. The van der Waals surface area contributed by atoms with Crippen LogP contribution in [0.3, 0.4) is 0 Å². The lowest BCUT2D eigenvalue weighted by atomic mass is 10.2. The molecule has 0 aliphatic carbocycles. The van der Waals surface area contributed by atoms with E-state index in [2.05, 4.69) is 19.2 Å². The maximum Gasteiger partial charge on any atom is 0.235 e. The summed E-state index contributed by atoms with van der Waals surface area (Å²) in [5.74, 6) is 1.56. The van der Waals surface area contributed by atoms with Crippen LogP contribution in [0, 0.1) is 6.92 Å². The first-order valence-electron chi connectivity index (χ1n) is 7.44. The first-order valence-corrected chi connectivity index (χ1v) is 9.32. The largest absolute Gasteiger partial charge is 0.308 e. The highest BCUT2D eigenvalue weighted by Gasteiger charge is 2.08. The average Bonchev–Trinajstić information content (AvgIpc) is 3.18. The molecule has 0 radical (unpaired) electrons. The molecule has 1 amide bonds. The van der Waals surface area contributed by atoms with Crippen LogP contribution in [0.5, 0.6) is 0 Å². The van der Waals surface area contributed by atoms with Gasteiger partial charge in [-0.2, -0.15) is 13.8 Å². The van der Waals surface area contributed by atoms with Gasteiger partial charge in [0.1, 0.15) is 0 Å². The number of hydrogen-bond donors (Lipinski definition) is 1.